The van der Waals surface area contributed by atoms with Crippen LogP contribution in [0.4, 0.5) is 13.2 Å². The van der Waals surface area contributed by atoms with E-state index in [2.05, 4.69) is 5.43 Å². The van der Waals surface area contributed by atoms with Gasteiger partial charge in [0, 0.05) is 11.3 Å². The molecule has 0 atom stereocenters. The van der Waals surface area contributed by atoms with Crippen LogP contribution in [-0.4, -0.2) is 20.4 Å². The molecule has 0 aromatic heterocycles. The number of carbonyl (C=O) groups excluding carboxylic acids is 1. The van der Waals surface area contributed by atoms with Crippen molar-refractivity contribution >= 4 is 15.8 Å². The number of nitrogens with one attached hydrogen (secondary N) is 2. The zero-order chi connectivity index (χ0) is 17.3. The number of Topliss-reactive ketones (excluding diaryl/α,β-unsaturated/α-hetero) is 1. The van der Waals surface area contributed by atoms with E-state index in [-0.39, 0.29) is 23.4 Å². The van der Waals surface area contributed by atoms with Crippen molar-refractivity contribution in [2.45, 2.75) is 37.3 Å². The number of carbonyl (C=O) groups is 1. The first-order chi connectivity index (χ1) is 10.6. The molecule has 126 valence electrons. The largest absolute Gasteiger partial charge is 0.454 e. The standard InChI is InChI=1S/C14H15F3N2O3S/c1-9-5-7-10(8-6-9)23(21,22)19-18-12-4-2-3-11(12)13(20)14(15,16)17/h5-8,18-19H,2-4H2,1H3. The second-order valence-electron chi connectivity index (χ2n) is 5.18. The predicted octanol–water partition coefficient (Wildman–Crippen LogP) is 2.35. The number of allylic oxidation sites excluding steroid dienone is 2. The highest BCUT2D eigenvalue weighted by molar-refractivity contribution is 7.89. The van der Waals surface area contributed by atoms with E-state index in [1.54, 1.807) is 19.1 Å². The van der Waals surface area contributed by atoms with Gasteiger partial charge in [-0.3, -0.25) is 4.79 Å². The lowest BCUT2D eigenvalue weighted by atomic mass is 10.1. The van der Waals surface area contributed by atoms with Crippen molar-refractivity contribution < 1.29 is 26.4 Å². The van der Waals surface area contributed by atoms with Crippen LogP contribution in [-0.2, 0) is 14.8 Å². The molecular formula is C14H15F3N2O3S. The average Bonchev–Trinajstić information content (AvgIpc) is 2.92. The van der Waals surface area contributed by atoms with E-state index in [9.17, 15) is 26.4 Å². The maximum absolute atomic E-state index is 12.5. The summed E-state index contributed by atoms with van der Waals surface area (Å²) in [6.45, 7) is 1.79. The number of hydrazine groups is 1. The maximum atomic E-state index is 12.5. The van der Waals surface area contributed by atoms with Crippen LogP contribution in [0.2, 0.25) is 0 Å². The lowest BCUT2D eigenvalue weighted by Crippen LogP contribution is -2.37. The summed E-state index contributed by atoms with van der Waals surface area (Å²) in [7, 11) is -3.94. The van der Waals surface area contributed by atoms with Crippen molar-refractivity contribution in [3.8, 4) is 0 Å². The Hall–Kier alpha value is -1.87. The first-order valence-corrected chi connectivity index (χ1v) is 8.27. The molecule has 0 heterocycles. The third kappa shape index (κ3) is 4.11. The minimum Gasteiger partial charge on any atom is -0.312 e. The SMILES string of the molecule is Cc1ccc(S(=O)(=O)NNC2=C(C(=O)C(F)(F)F)CCC2)cc1. The molecule has 0 aliphatic heterocycles. The van der Waals surface area contributed by atoms with Crippen LogP contribution >= 0.6 is 0 Å². The molecule has 0 fully saturated rings. The number of aryl methyl sites for hydroxylation is 1. The van der Waals surface area contributed by atoms with Crippen molar-refractivity contribution in [3.63, 3.8) is 0 Å². The molecule has 1 aromatic rings. The van der Waals surface area contributed by atoms with Crippen molar-refractivity contribution in [3.05, 3.63) is 41.1 Å². The first kappa shape index (κ1) is 17.5. The van der Waals surface area contributed by atoms with Crippen LogP contribution in [0.25, 0.3) is 0 Å². The van der Waals surface area contributed by atoms with Gasteiger partial charge < -0.3 is 5.43 Å². The van der Waals surface area contributed by atoms with Crippen molar-refractivity contribution in [2.75, 3.05) is 0 Å². The lowest BCUT2D eigenvalue weighted by Gasteiger charge is -2.13. The van der Waals surface area contributed by atoms with Gasteiger partial charge in [0.1, 0.15) is 0 Å². The van der Waals surface area contributed by atoms with E-state index in [0.29, 0.717) is 6.42 Å². The molecule has 0 amide bonds. The Morgan fingerprint density at radius 2 is 1.74 bits per heavy atom. The van der Waals surface area contributed by atoms with Gasteiger partial charge in [-0.25, -0.2) is 8.42 Å². The van der Waals surface area contributed by atoms with E-state index < -0.39 is 27.6 Å². The number of hydrogen-bond donors (Lipinski definition) is 2. The van der Waals surface area contributed by atoms with Gasteiger partial charge in [-0.2, -0.15) is 13.2 Å². The van der Waals surface area contributed by atoms with Crippen LogP contribution in [0.5, 0.6) is 0 Å². The van der Waals surface area contributed by atoms with Gasteiger partial charge in [-0.15, -0.1) is 4.83 Å². The fourth-order valence-corrected chi connectivity index (χ4v) is 3.08. The Bertz CT molecular complexity index is 738. The summed E-state index contributed by atoms with van der Waals surface area (Å²) < 4.78 is 61.6. The molecule has 2 N–H and O–H groups in total. The number of rotatable bonds is 5. The molecule has 0 saturated heterocycles. The molecule has 0 unspecified atom stereocenters. The molecule has 0 bridgehead atoms. The van der Waals surface area contributed by atoms with Crippen LogP contribution in [0.15, 0.2) is 40.4 Å². The number of hydrogen-bond acceptors (Lipinski definition) is 4. The highest BCUT2D eigenvalue weighted by Crippen LogP contribution is 2.31. The molecular weight excluding hydrogens is 333 g/mol. The minimum atomic E-state index is -4.97. The maximum Gasteiger partial charge on any atom is 0.454 e. The van der Waals surface area contributed by atoms with Crippen LogP contribution in [0.1, 0.15) is 24.8 Å². The number of sulfonamides is 1. The van der Waals surface area contributed by atoms with Gasteiger partial charge in [0.25, 0.3) is 15.8 Å². The topological polar surface area (TPSA) is 75.3 Å². The number of benzene rings is 1. The van der Waals surface area contributed by atoms with E-state index >= 15 is 0 Å². The summed E-state index contributed by atoms with van der Waals surface area (Å²) >= 11 is 0. The van der Waals surface area contributed by atoms with E-state index in [1.165, 1.54) is 12.1 Å². The number of ketones is 1. The highest BCUT2D eigenvalue weighted by atomic mass is 32.2. The monoisotopic (exact) mass is 348 g/mol. The van der Waals surface area contributed by atoms with E-state index in [4.69, 9.17) is 0 Å². The molecule has 0 saturated carbocycles. The lowest BCUT2D eigenvalue weighted by molar-refractivity contribution is -0.166. The van der Waals surface area contributed by atoms with Crippen LogP contribution in [0, 0.1) is 6.92 Å². The second kappa shape index (κ2) is 6.32. The van der Waals surface area contributed by atoms with Gasteiger partial charge in [0.15, 0.2) is 0 Å². The van der Waals surface area contributed by atoms with Gasteiger partial charge in [0.2, 0.25) is 0 Å². The second-order valence-corrected chi connectivity index (χ2v) is 6.86. The zero-order valence-electron chi connectivity index (χ0n) is 12.2. The summed E-state index contributed by atoms with van der Waals surface area (Å²) in [4.78, 5) is 13.3. The Kier molecular flexibility index (Phi) is 4.81. The Morgan fingerprint density at radius 1 is 1.13 bits per heavy atom. The summed E-state index contributed by atoms with van der Waals surface area (Å²) in [6.07, 6.45) is -4.48. The Morgan fingerprint density at radius 3 is 2.30 bits per heavy atom. The van der Waals surface area contributed by atoms with Gasteiger partial charge in [0.05, 0.1) is 4.90 Å². The van der Waals surface area contributed by atoms with Gasteiger partial charge in [-0.1, -0.05) is 17.7 Å². The molecule has 5 nitrogen and oxygen atoms in total. The molecule has 1 aliphatic rings. The first-order valence-electron chi connectivity index (χ1n) is 6.79. The minimum absolute atomic E-state index is 0.0297. The molecule has 0 radical (unpaired) electrons. The van der Waals surface area contributed by atoms with Crippen molar-refractivity contribution in [1.29, 1.82) is 0 Å². The molecule has 2 rings (SSSR count). The number of alkyl halides is 3. The molecule has 23 heavy (non-hydrogen) atoms. The Labute approximate surface area is 131 Å². The normalized spacial score (nSPS) is 15.8. The molecule has 1 aromatic carbocycles. The third-order valence-electron chi connectivity index (χ3n) is 3.42. The predicted molar refractivity (Wildman–Crippen MR) is 76.6 cm³/mol. The zero-order valence-corrected chi connectivity index (χ0v) is 13.0. The van der Waals surface area contributed by atoms with Crippen LogP contribution in [0.3, 0.4) is 0 Å². The smallest absolute Gasteiger partial charge is 0.312 e. The summed E-state index contributed by atoms with van der Waals surface area (Å²) in [5, 5.41) is 0. The molecule has 1 aliphatic carbocycles. The quantitative estimate of drug-likeness (QED) is 0.801. The van der Waals surface area contributed by atoms with Crippen molar-refractivity contribution in [1.82, 2.24) is 10.3 Å². The fraction of sp³-hybridized carbons (Fsp3) is 0.357. The van der Waals surface area contributed by atoms with Gasteiger partial charge >= 0.3 is 6.18 Å². The van der Waals surface area contributed by atoms with Crippen LogP contribution < -0.4 is 10.3 Å². The fourth-order valence-electron chi connectivity index (χ4n) is 2.21. The molecule has 9 heteroatoms. The Balaban J connectivity index is 2.15. The summed E-state index contributed by atoms with van der Waals surface area (Å²) in [6, 6.07) is 5.96. The van der Waals surface area contributed by atoms with Crippen molar-refractivity contribution in [2.24, 2.45) is 0 Å². The van der Waals surface area contributed by atoms with E-state index in [1.807, 2.05) is 4.83 Å². The highest BCUT2D eigenvalue weighted by Gasteiger charge is 2.42. The third-order valence-corrected chi connectivity index (χ3v) is 4.68. The molecule has 0 spiro atoms. The average molecular weight is 348 g/mol. The van der Waals surface area contributed by atoms with E-state index in [0.717, 1.165) is 5.56 Å². The van der Waals surface area contributed by atoms with Gasteiger partial charge in [-0.05, 0) is 38.3 Å². The summed E-state index contributed by atoms with van der Waals surface area (Å²) in [5.74, 6) is -1.94. The number of halogens is 3. The summed E-state index contributed by atoms with van der Waals surface area (Å²) in [5.41, 5.74) is 2.66.